The summed E-state index contributed by atoms with van der Waals surface area (Å²) in [7, 11) is 1.58. The van der Waals surface area contributed by atoms with E-state index >= 15 is 0 Å². The van der Waals surface area contributed by atoms with Crippen LogP contribution in [0.15, 0.2) is 36.7 Å². The van der Waals surface area contributed by atoms with Crippen molar-refractivity contribution < 1.29 is 18.3 Å². The molecule has 0 saturated carbocycles. The lowest BCUT2D eigenvalue weighted by Crippen LogP contribution is -2.35. The van der Waals surface area contributed by atoms with Crippen LogP contribution >= 0.6 is 11.6 Å². The van der Waals surface area contributed by atoms with Gasteiger partial charge >= 0.3 is 0 Å². The topological polar surface area (TPSA) is 59.5 Å². The van der Waals surface area contributed by atoms with E-state index in [-0.39, 0.29) is 5.02 Å². The van der Waals surface area contributed by atoms with Crippen LogP contribution in [-0.4, -0.2) is 54.4 Å². The highest BCUT2D eigenvalue weighted by molar-refractivity contribution is 6.31. The number of fused-ring (bicyclic) bond motifs is 1. The largest absolute Gasteiger partial charge is 0.493 e. The van der Waals surface area contributed by atoms with Crippen molar-refractivity contribution in [3.63, 3.8) is 0 Å². The van der Waals surface area contributed by atoms with Gasteiger partial charge in [0.1, 0.15) is 24.1 Å². The van der Waals surface area contributed by atoms with Gasteiger partial charge in [-0.3, -0.25) is 0 Å². The molecule has 4 rings (SSSR count). The molecule has 0 amide bonds. The normalized spacial score (nSPS) is 15.1. The molecule has 1 aliphatic heterocycles. The summed E-state index contributed by atoms with van der Waals surface area (Å²) in [4.78, 5) is 10.9. The molecule has 1 aromatic heterocycles. The fourth-order valence-electron chi connectivity index (χ4n) is 3.74. The number of hydrogen-bond donors (Lipinski definition) is 1. The molecule has 6 nitrogen and oxygen atoms in total. The lowest BCUT2D eigenvalue weighted by molar-refractivity contribution is 0.143. The number of rotatable bonds is 8. The van der Waals surface area contributed by atoms with E-state index in [0.29, 0.717) is 48.0 Å². The summed E-state index contributed by atoms with van der Waals surface area (Å²) < 4.78 is 38.2. The maximum absolute atomic E-state index is 13.5. The van der Waals surface area contributed by atoms with E-state index < -0.39 is 12.0 Å². The van der Waals surface area contributed by atoms with Crippen LogP contribution in [0.3, 0.4) is 0 Å². The first-order valence-electron chi connectivity index (χ1n) is 10.6. The second-order valence-electron chi connectivity index (χ2n) is 7.71. The van der Waals surface area contributed by atoms with Gasteiger partial charge in [-0.2, -0.15) is 0 Å². The van der Waals surface area contributed by atoms with Crippen molar-refractivity contribution in [2.24, 2.45) is 0 Å². The summed E-state index contributed by atoms with van der Waals surface area (Å²) in [5.74, 6) is 1.21. The molecule has 1 aliphatic rings. The predicted molar refractivity (Wildman–Crippen MR) is 121 cm³/mol. The quantitative estimate of drug-likeness (QED) is 0.454. The molecule has 1 N–H and O–H groups in total. The Bertz CT molecular complexity index is 1080. The highest BCUT2D eigenvalue weighted by Crippen LogP contribution is 2.35. The number of alkyl halides is 1. The summed E-state index contributed by atoms with van der Waals surface area (Å²) in [5.41, 5.74) is 1.28. The summed E-state index contributed by atoms with van der Waals surface area (Å²) in [5, 5.41) is 3.91. The Morgan fingerprint density at radius 2 is 1.97 bits per heavy atom. The monoisotopic (exact) mass is 462 g/mol. The lowest BCUT2D eigenvalue weighted by atomic mass is 10.1. The van der Waals surface area contributed by atoms with Crippen molar-refractivity contribution in [1.82, 2.24) is 14.9 Å². The van der Waals surface area contributed by atoms with Crippen LogP contribution in [0.25, 0.3) is 10.9 Å². The second kappa shape index (κ2) is 10.3. The molecule has 2 heterocycles. The van der Waals surface area contributed by atoms with Crippen molar-refractivity contribution in [3.05, 3.63) is 47.5 Å². The molecule has 3 aromatic rings. The Labute approximate surface area is 190 Å². The highest BCUT2D eigenvalue weighted by atomic mass is 35.5. The van der Waals surface area contributed by atoms with E-state index in [4.69, 9.17) is 21.1 Å². The van der Waals surface area contributed by atoms with Crippen LogP contribution in [0.2, 0.25) is 5.02 Å². The van der Waals surface area contributed by atoms with Gasteiger partial charge < -0.3 is 19.7 Å². The van der Waals surface area contributed by atoms with Crippen molar-refractivity contribution in [2.75, 3.05) is 38.7 Å². The maximum atomic E-state index is 13.5. The number of nitrogens with one attached hydrogen (secondary N) is 1. The molecule has 0 unspecified atom stereocenters. The Hall–Kier alpha value is -2.71. The Kier molecular flexibility index (Phi) is 7.22. The van der Waals surface area contributed by atoms with Crippen molar-refractivity contribution in [2.45, 2.75) is 25.4 Å². The number of hydrogen-bond acceptors (Lipinski definition) is 6. The van der Waals surface area contributed by atoms with Crippen LogP contribution < -0.4 is 14.8 Å². The first kappa shape index (κ1) is 22.5. The molecule has 0 atom stereocenters. The van der Waals surface area contributed by atoms with E-state index in [1.807, 2.05) is 6.07 Å². The second-order valence-corrected chi connectivity index (χ2v) is 8.12. The Balaban J connectivity index is 1.48. The van der Waals surface area contributed by atoms with E-state index in [0.717, 1.165) is 31.4 Å². The highest BCUT2D eigenvalue weighted by Gasteiger charge is 2.18. The number of ether oxygens (including phenoxy) is 2. The van der Waals surface area contributed by atoms with E-state index in [1.165, 1.54) is 18.5 Å². The van der Waals surface area contributed by atoms with Gasteiger partial charge in [0.25, 0.3) is 0 Å². The summed E-state index contributed by atoms with van der Waals surface area (Å²) in [6.07, 6.45) is 2.81. The minimum atomic E-state index is -0.666. The third-order valence-corrected chi connectivity index (χ3v) is 5.79. The van der Waals surface area contributed by atoms with Gasteiger partial charge in [0.2, 0.25) is 0 Å². The van der Waals surface area contributed by atoms with Crippen LogP contribution in [0.1, 0.15) is 19.3 Å². The van der Waals surface area contributed by atoms with Crippen LogP contribution in [0, 0.1) is 5.82 Å². The minimum absolute atomic E-state index is 0.0230. The first-order chi connectivity index (χ1) is 15.5. The van der Waals surface area contributed by atoms with Crippen molar-refractivity contribution in [3.8, 4) is 11.5 Å². The Morgan fingerprint density at radius 1 is 1.16 bits per heavy atom. The number of nitrogens with zero attached hydrogens (tertiary/aromatic N) is 3. The maximum Gasteiger partial charge on any atom is 0.162 e. The van der Waals surface area contributed by atoms with Gasteiger partial charge in [-0.05, 0) is 43.5 Å². The van der Waals surface area contributed by atoms with Crippen LogP contribution in [0.4, 0.5) is 20.3 Å². The average molecular weight is 463 g/mol. The van der Waals surface area contributed by atoms with Gasteiger partial charge in [-0.25, -0.2) is 18.7 Å². The summed E-state index contributed by atoms with van der Waals surface area (Å²) in [6.45, 7) is 2.95. The van der Waals surface area contributed by atoms with E-state index in [9.17, 15) is 8.78 Å². The molecular formula is C23H25ClF2N4O2. The van der Waals surface area contributed by atoms with Crippen molar-refractivity contribution >= 4 is 34.0 Å². The molecular weight excluding hydrogens is 438 g/mol. The zero-order valence-corrected chi connectivity index (χ0v) is 18.5. The standard InChI is InChI=1S/C23H25ClF2N4O2/c1-31-21-13-20-17(12-22(21)32-10-2-7-30-8-5-15(25)6-9-30)23(28-14-27-20)29-16-3-4-19(26)18(24)11-16/h3-4,11-15H,2,5-10H2,1H3,(H,27,28,29). The van der Waals surface area contributed by atoms with Gasteiger partial charge in [0.05, 0.1) is 24.3 Å². The smallest absolute Gasteiger partial charge is 0.162 e. The number of halogens is 3. The molecule has 32 heavy (non-hydrogen) atoms. The molecule has 2 aromatic carbocycles. The van der Waals surface area contributed by atoms with Crippen LogP contribution in [-0.2, 0) is 0 Å². The average Bonchev–Trinajstić information content (AvgIpc) is 2.80. The van der Waals surface area contributed by atoms with Gasteiger partial charge in [-0.1, -0.05) is 11.6 Å². The SMILES string of the molecule is COc1cc2ncnc(Nc3ccc(F)c(Cl)c3)c2cc1OCCCN1CCC(F)CC1. The fourth-order valence-corrected chi connectivity index (χ4v) is 3.92. The van der Waals surface area contributed by atoms with Crippen LogP contribution in [0.5, 0.6) is 11.5 Å². The number of methoxy groups -OCH3 is 1. The number of anilines is 2. The van der Waals surface area contributed by atoms with Crippen molar-refractivity contribution in [1.29, 1.82) is 0 Å². The third kappa shape index (κ3) is 5.37. The first-order valence-corrected chi connectivity index (χ1v) is 11.0. The lowest BCUT2D eigenvalue weighted by Gasteiger charge is -2.28. The molecule has 9 heteroatoms. The zero-order chi connectivity index (χ0) is 22.5. The zero-order valence-electron chi connectivity index (χ0n) is 17.8. The molecule has 170 valence electrons. The van der Waals surface area contributed by atoms with Gasteiger partial charge in [-0.15, -0.1) is 0 Å². The fraction of sp³-hybridized carbons (Fsp3) is 0.391. The summed E-state index contributed by atoms with van der Waals surface area (Å²) >= 11 is 5.89. The molecule has 1 fully saturated rings. The third-order valence-electron chi connectivity index (χ3n) is 5.50. The van der Waals surface area contributed by atoms with E-state index in [2.05, 4.69) is 20.2 Å². The predicted octanol–water partition coefficient (Wildman–Crippen LogP) is 5.38. The van der Waals surface area contributed by atoms with Gasteiger partial charge in [0, 0.05) is 36.8 Å². The molecule has 0 spiro atoms. The number of piperidine rings is 1. The molecule has 0 aliphatic carbocycles. The number of benzene rings is 2. The minimum Gasteiger partial charge on any atom is -0.493 e. The number of aromatic nitrogens is 2. The molecule has 0 radical (unpaired) electrons. The Morgan fingerprint density at radius 3 is 2.72 bits per heavy atom. The van der Waals surface area contributed by atoms with E-state index in [1.54, 1.807) is 19.2 Å². The van der Waals surface area contributed by atoms with Gasteiger partial charge in [0.15, 0.2) is 11.5 Å². The summed E-state index contributed by atoms with van der Waals surface area (Å²) in [6, 6.07) is 8.00. The molecule has 0 bridgehead atoms. The number of likely N-dealkylation sites (tertiary alicyclic amines) is 1. The molecule has 1 saturated heterocycles.